The SMILES string of the molecule is Cc1cc(C)cc(-n2nc(C(C)C)cc2N)c1. The predicted molar refractivity (Wildman–Crippen MR) is 71.5 cm³/mol. The van der Waals surface area contributed by atoms with Gasteiger partial charge < -0.3 is 5.73 Å². The monoisotopic (exact) mass is 229 g/mol. The largest absolute Gasteiger partial charge is 0.384 e. The molecule has 1 aromatic heterocycles. The van der Waals surface area contributed by atoms with Crippen LogP contribution >= 0.6 is 0 Å². The van der Waals surface area contributed by atoms with Crippen LogP contribution < -0.4 is 5.73 Å². The molecule has 1 aromatic carbocycles. The number of hydrogen-bond donors (Lipinski definition) is 1. The van der Waals surface area contributed by atoms with Crippen LogP contribution in [0.4, 0.5) is 5.82 Å². The van der Waals surface area contributed by atoms with Gasteiger partial charge in [-0.1, -0.05) is 19.9 Å². The van der Waals surface area contributed by atoms with E-state index in [0.717, 1.165) is 11.4 Å². The number of anilines is 1. The Bertz CT molecular complexity index is 518. The molecular formula is C14H19N3. The van der Waals surface area contributed by atoms with Crippen LogP contribution in [0.25, 0.3) is 5.69 Å². The maximum Gasteiger partial charge on any atom is 0.127 e. The van der Waals surface area contributed by atoms with Crippen molar-refractivity contribution in [2.24, 2.45) is 0 Å². The molecule has 0 aliphatic rings. The molecule has 0 spiro atoms. The van der Waals surface area contributed by atoms with Gasteiger partial charge in [-0.2, -0.15) is 5.10 Å². The minimum atomic E-state index is 0.393. The molecule has 17 heavy (non-hydrogen) atoms. The summed E-state index contributed by atoms with van der Waals surface area (Å²) in [5.74, 6) is 1.09. The van der Waals surface area contributed by atoms with Gasteiger partial charge in [0.05, 0.1) is 11.4 Å². The molecule has 0 radical (unpaired) electrons. The predicted octanol–water partition coefficient (Wildman–Crippen LogP) is 3.19. The first-order valence-electron chi connectivity index (χ1n) is 5.91. The lowest BCUT2D eigenvalue weighted by molar-refractivity contribution is 0.770. The highest BCUT2D eigenvalue weighted by molar-refractivity contribution is 5.46. The molecule has 2 rings (SSSR count). The van der Waals surface area contributed by atoms with Gasteiger partial charge in [-0.05, 0) is 43.0 Å². The summed E-state index contributed by atoms with van der Waals surface area (Å²) in [6, 6.07) is 8.29. The zero-order valence-corrected chi connectivity index (χ0v) is 10.9. The summed E-state index contributed by atoms with van der Waals surface area (Å²) < 4.78 is 1.81. The Morgan fingerprint density at radius 3 is 2.12 bits per heavy atom. The third kappa shape index (κ3) is 2.33. The Hall–Kier alpha value is -1.77. The van der Waals surface area contributed by atoms with Crippen molar-refractivity contribution in [3.63, 3.8) is 0 Å². The van der Waals surface area contributed by atoms with Gasteiger partial charge in [-0.3, -0.25) is 0 Å². The number of aryl methyl sites for hydroxylation is 2. The van der Waals surface area contributed by atoms with Crippen molar-refractivity contribution in [2.45, 2.75) is 33.6 Å². The second kappa shape index (κ2) is 4.24. The maximum absolute atomic E-state index is 6.01. The fraction of sp³-hybridized carbons (Fsp3) is 0.357. The van der Waals surface area contributed by atoms with Gasteiger partial charge in [0.1, 0.15) is 5.82 Å². The van der Waals surface area contributed by atoms with Gasteiger partial charge >= 0.3 is 0 Å². The number of nitrogens with zero attached hydrogens (tertiary/aromatic N) is 2. The Kier molecular flexibility index (Phi) is 2.92. The average Bonchev–Trinajstić information content (AvgIpc) is 2.59. The zero-order chi connectivity index (χ0) is 12.6. The van der Waals surface area contributed by atoms with Gasteiger partial charge in [0, 0.05) is 6.07 Å². The van der Waals surface area contributed by atoms with Crippen LogP contribution in [0.3, 0.4) is 0 Å². The molecule has 0 saturated carbocycles. The lowest BCUT2D eigenvalue weighted by Gasteiger charge is -2.07. The standard InChI is InChI=1S/C14H19N3/c1-9(2)13-8-14(15)17(16-13)12-6-10(3)5-11(4)7-12/h5-9H,15H2,1-4H3. The van der Waals surface area contributed by atoms with E-state index in [1.165, 1.54) is 11.1 Å². The summed E-state index contributed by atoms with van der Waals surface area (Å²) in [5.41, 5.74) is 10.5. The molecule has 3 heteroatoms. The average molecular weight is 229 g/mol. The van der Waals surface area contributed by atoms with Crippen molar-refractivity contribution in [3.8, 4) is 5.69 Å². The van der Waals surface area contributed by atoms with Crippen LogP contribution in [0.15, 0.2) is 24.3 Å². The van der Waals surface area contributed by atoms with Gasteiger partial charge in [-0.25, -0.2) is 4.68 Å². The molecule has 0 aliphatic heterocycles. The third-order valence-corrected chi connectivity index (χ3v) is 2.80. The van der Waals surface area contributed by atoms with Crippen molar-refractivity contribution in [1.29, 1.82) is 0 Å². The molecule has 2 N–H and O–H groups in total. The van der Waals surface area contributed by atoms with E-state index in [4.69, 9.17) is 5.73 Å². The summed E-state index contributed by atoms with van der Waals surface area (Å²) in [5, 5.41) is 4.55. The van der Waals surface area contributed by atoms with Crippen molar-refractivity contribution >= 4 is 5.82 Å². The molecular weight excluding hydrogens is 210 g/mol. The van der Waals surface area contributed by atoms with E-state index in [-0.39, 0.29) is 0 Å². The molecule has 0 saturated heterocycles. The van der Waals surface area contributed by atoms with Crippen molar-refractivity contribution in [2.75, 3.05) is 5.73 Å². The third-order valence-electron chi connectivity index (χ3n) is 2.80. The van der Waals surface area contributed by atoms with E-state index < -0.39 is 0 Å². The van der Waals surface area contributed by atoms with Crippen molar-refractivity contribution in [1.82, 2.24) is 9.78 Å². The lowest BCUT2D eigenvalue weighted by atomic mass is 10.1. The fourth-order valence-corrected chi connectivity index (χ4v) is 1.98. The number of nitrogen functional groups attached to an aromatic ring is 1. The summed E-state index contributed by atoms with van der Waals surface area (Å²) in [6.07, 6.45) is 0. The summed E-state index contributed by atoms with van der Waals surface area (Å²) in [4.78, 5) is 0. The number of hydrogen-bond acceptors (Lipinski definition) is 2. The summed E-state index contributed by atoms with van der Waals surface area (Å²) in [7, 11) is 0. The lowest BCUT2D eigenvalue weighted by Crippen LogP contribution is -2.03. The smallest absolute Gasteiger partial charge is 0.127 e. The molecule has 3 nitrogen and oxygen atoms in total. The first-order valence-corrected chi connectivity index (χ1v) is 5.91. The second-order valence-electron chi connectivity index (χ2n) is 4.91. The Morgan fingerprint density at radius 1 is 1.06 bits per heavy atom. The molecule has 2 aromatic rings. The van der Waals surface area contributed by atoms with Crippen LogP contribution in [0, 0.1) is 13.8 Å². The Labute approximate surface area is 102 Å². The van der Waals surface area contributed by atoms with Gasteiger partial charge in [-0.15, -0.1) is 0 Å². The van der Waals surface area contributed by atoms with Crippen LogP contribution in [0.2, 0.25) is 0 Å². The minimum Gasteiger partial charge on any atom is -0.384 e. The Morgan fingerprint density at radius 2 is 1.65 bits per heavy atom. The van der Waals surface area contributed by atoms with E-state index in [0.29, 0.717) is 11.7 Å². The highest BCUT2D eigenvalue weighted by Gasteiger charge is 2.10. The molecule has 0 atom stereocenters. The van der Waals surface area contributed by atoms with Crippen molar-refractivity contribution < 1.29 is 0 Å². The van der Waals surface area contributed by atoms with E-state index in [9.17, 15) is 0 Å². The van der Waals surface area contributed by atoms with E-state index in [1.807, 2.05) is 10.7 Å². The molecule has 0 unspecified atom stereocenters. The fourth-order valence-electron chi connectivity index (χ4n) is 1.98. The van der Waals surface area contributed by atoms with Crippen LogP contribution in [-0.2, 0) is 0 Å². The number of benzene rings is 1. The van der Waals surface area contributed by atoms with E-state index >= 15 is 0 Å². The normalized spacial score (nSPS) is 11.1. The van der Waals surface area contributed by atoms with Crippen LogP contribution in [-0.4, -0.2) is 9.78 Å². The molecule has 90 valence electrons. The summed E-state index contributed by atoms with van der Waals surface area (Å²) >= 11 is 0. The highest BCUT2D eigenvalue weighted by Crippen LogP contribution is 2.21. The van der Waals surface area contributed by atoms with Crippen LogP contribution in [0.5, 0.6) is 0 Å². The topological polar surface area (TPSA) is 43.8 Å². The molecule has 1 heterocycles. The Balaban J connectivity index is 2.52. The highest BCUT2D eigenvalue weighted by atomic mass is 15.3. The molecule has 0 fully saturated rings. The number of aromatic nitrogens is 2. The van der Waals surface area contributed by atoms with Gasteiger partial charge in [0.15, 0.2) is 0 Å². The molecule has 0 amide bonds. The number of rotatable bonds is 2. The zero-order valence-electron chi connectivity index (χ0n) is 10.9. The van der Waals surface area contributed by atoms with E-state index in [1.54, 1.807) is 0 Å². The second-order valence-corrected chi connectivity index (χ2v) is 4.91. The first kappa shape index (κ1) is 11.7. The first-order chi connectivity index (χ1) is 7.97. The number of nitrogens with two attached hydrogens (primary N) is 1. The van der Waals surface area contributed by atoms with Crippen LogP contribution in [0.1, 0.15) is 36.6 Å². The summed E-state index contributed by atoms with van der Waals surface area (Å²) in [6.45, 7) is 8.40. The van der Waals surface area contributed by atoms with Crippen molar-refractivity contribution in [3.05, 3.63) is 41.1 Å². The quantitative estimate of drug-likeness (QED) is 0.859. The maximum atomic E-state index is 6.01. The van der Waals surface area contributed by atoms with E-state index in [2.05, 4.69) is 51.0 Å². The molecule has 0 aliphatic carbocycles. The van der Waals surface area contributed by atoms with Gasteiger partial charge in [0.2, 0.25) is 0 Å². The van der Waals surface area contributed by atoms with Gasteiger partial charge in [0.25, 0.3) is 0 Å². The minimum absolute atomic E-state index is 0.393. The molecule has 0 bridgehead atoms.